The molecule has 0 saturated carbocycles. The first-order chi connectivity index (χ1) is 16.2. The summed E-state index contributed by atoms with van der Waals surface area (Å²) in [4.78, 5) is 25.2. The van der Waals surface area contributed by atoms with Gasteiger partial charge in [0.25, 0.3) is 5.91 Å². The average molecular weight is 563 g/mol. The van der Waals surface area contributed by atoms with E-state index in [0.717, 1.165) is 10.0 Å². The summed E-state index contributed by atoms with van der Waals surface area (Å²) in [6, 6.07) is 18.1. The van der Waals surface area contributed by atoms with Crippen LogP contribution < -0.4 is 16.0 Å². The monoisotopic (exact) mass is 561 g/mol. The van der Waals surface area contributed by atoms with Crippen molar-refractivity contribution in [3.63, 3.8) is 0 Å². The maximum atomic E-state index is 12.7. The molecule has 0 bridgehead atoms. The zero-order valence-corrected chi connectivity index (χ0v) is 21.0. The minimum atomic E-state index is -3.56. The van der Waals surface area contributed by atoms with E-state index in [1.165, 1.54) is 0 Å². The summed E-state index contributed by atoms with van der Waals surface area (Å²) in [5, 5.41) is 9.14. The molecule has 1 aliphatic heterocycles. The summed E-state index contributed by atoms with van der Waals surface area (Å²) in [6.45, 7) is 0.329. The minimum absolute atomic E-state index is 0.169. The smallest absolute Gasteiger partial charge is 0.251 e. The number of carbonyl (C=O) groups is 2. The van der Waals surface area contributed by atoms with Crippen molar-refractivity contribution in [3.8, 4) is 0 Å². The predicted octanol–water partition coefficient (Wildman–Crippen LogP) is 4.38. The molecule has 1 atom stereocenters. The number of halogens is 2. The van der Waals surface area contributed by atoms with Gasteiger partial charge in [-0.15, -0.1) is 0 Å². The lowest BCUT2D eigenvalue weighted by atomic mass is 10.1. The van der Waals surface area contributed by atoms with Gasteiger partial charge in [0.1, 0.15) is 6.04 Å². The molecule has 3 N–H and O–H groups in total. The van der Waals surface area contributed by atoms with Crippen LogP contribution in [0.2, 0.25) is 5.02 Å². The highest BCUT2D eigenvalue weighted by Gasteiger charge is 2.30. The van der Waals surface area contributed by atoms with Crippen LogP contribution in [-0.4, -0.2) is 32.0 Å². The number of carbonyl (C=O) groups excluding carboxylic acids is 2. The Kier molecular flexibility index (Phi) is 7.25. The molecule has 0 fully saturated rings. The first-order valence-electron chi connectivity index (χ1n) is 10.4. The lowest BCUT2D eigenvalue weighted by molar-refractivity contribution is -0.116. The van der Waals surface area contributed by atoms with Gasteiger partial charge in [-0.05, 0) is 53.6 Å². The number of benzene rings is 3. The van der Waals surface area contributed by atoms with Crippen LogP contribution in [0.15, 0.2) is 71.2 Å². The van der Waals surface area contributed by atoms with Gasteiger partial charge in [0.15, 0.2) is 9.84 Å². The van der Waals surface area contributed by atoms with E-state index >= 15 is 0 Å². The van der Waals surface area contributed by atoms with Crippen LogP contribution >= 0.6 is 27.5 Å². The van der Waals surface area contributed by atoms with E-state index in [1.807, 2.05) is 18.2 Å². The maximum absolute atomic E-state index is 12.7. The second-order valence-electron chi connectivity index (χ2n) is 7.94. The Morgan fingerprint density at radius 1 is 1.00 bits per heavy atom. The van der Waals surface area contributed by atoms with E-state index in [4.69, 9.17) is 11.6 Å². The molecule has 34 heavy (non-hydrogen) atoms. The van der Waals surface area contributed by atoms with Crippen LogP contribution in [0.4, 0.5) is 11.4 Å². The highest BCUT2D eigenvalue weighted by atomic mass is 79.9. The minimum Gasteiger partial charge on any atom is -0.371 e. The second-order valence-corrected chi connectivity index (χ2v) is 11.4. The summed E-state index contributed by atoms with van der Waals surface area (Å²) in [5.41, 5.74) is 2.88. The zero-order valence-electron chi connectivity index (χ0n) is 17.8. The largest absolute Gasteiger partial charge is 0.371 e. The molecule has 0 saturated heterocycles. The van der Waals surface area contributed by atoms with E-state index in [9.17, 15) is 18.0 Å². The first-order valence-corrected chi connectivity index (χ1v) is 13.4. The van der Waals surface area contributed by atoms with Crippen LogP contribution in [0.25, 0.3) is 0 Å². The molecular formula is C24H21BrClN3O4S. The third-order valence-electron chi connectivity index (χ3n) is 5.25. The van der Waals surface area contributed by atoms with Gasteiger partial charge in [-0.1, -0.05) is 51.8 Å². The predicted molar refractivity (Wildman–Crippen MR) is 137 cm³/mol. The van der Waals surface area contributed by atoms with Gasteiger partial charge in [-0.25, -0.2) is 8.42 Å². The van der Waals surface area contributed by atoms with Crippen molar-refractivity contribution in [2.24, 2.45) is 0 Å². The molecule has 0 radical (unpaired) electrons. The fraction of sp³-hybridized carbons (Fsp3) is 0.167. The van der Waals surface area contributed by atoms with Gasteiger partial charge in [0.05, 0.1) is 22.9 Å². The standard InChI is InChI=1S/C24H21BrClN3O4S/c25-18-3-1-2-16(10-18)13-34(32,33)14-22-24(31)29-21-11-17(6-9-20(21)28-22)23(30)27-12-15-4-7-19(26)8-5-15/h1-11,22,28H,12-14H2,(H,27,30)(H,29,31)/t22-/m0/s1. The normalized spacial score (nSPS) is 15.1. The van der Waals surface area contributed by atoms with E-state index in [2.05, 4.69) is 31.9 Å². The first kappa shape index (κ1) is 24.3. The lowest BCUT2D eigenvalue weighted by Crippen LogP contribution is -2.43. The highest BCUT2D eigenvalue weighted by Crippen LogP contribution is 2.28. The molecule has 0 spiro atoms. The van der Waals surface area contributed by atoms with Crippen LogP contribution in [0.3, 0.4) is 0 Å². The van der Waals surface area contributed by atoms with Gasteiger partial charge in [0, 0.05) is 21.6 Å². The Hall–Kier alpha value is -2.88. The Bertz CT molecular complexity index is 1350. The van der Waals surface area contributed by atoms with Crippen molar-refractivity contribution in [1.29, 1.82) is 0 Å². The van der Waals surface area contributed by atoms with Gasteiger partial charge in [-0.3, -0.25) is 9.59 Å². The fourth-order valence-electron chi connectivity index (χ4n) is 3.59. The van der Waals surface area contributed by atoms with Crippen molar-refractivity contribution in [2.45, 2.75) is 18.3 Å². The second kappa shape index (κ2) is 10.2. The van der Waals surface area contributed by atoms with Crippen LogP contribution in [-0.2, 0) is 26.9 Å². The third-order valence-corrected chi connectivity index (χ3v) is 7.61. The van der Waals surface area contributed by atoms with Crippen molar-refractivity contribution >= 4 is 60.6 Å². The lowest BCUT2D eigenvalue weighted by Gasteiger charge is -2.27. The van der Waals surface area contributed by atoms with Gasteiger partial charge in [0.2, 0.25) is 5.91 Å². The Balaban J connectivity index is 1.40. The molecule has 7 nitrogen and oxygen atoms in total. The average Bonchev–Trinajstić information content (AvgIpc) is 2.78. The van der Waals surface area contributed by atoms with Gasteiger partial charge >= 0.3 is 0 Å². The number of rotatable bonds is 7. The van der Waals surface area contributed by atoms with E-state index < -0.39 is 21.8 Å². The third kappa shape index (κ3) is 6.16. The summed E-state index contributed by atoms with van der Waals surface area (Å²) in [5.74, 6) is -1.29. The van der Waals surface area contributed by atoms with Crippen LogP contribution in [0.1, 0.15) is 21.5 Å². The van der Waals surface area contributed by atoms with E-state index in [-0.39, 0.29) is 17.4 Å². The van der Waals surface area contributed by atoms with E-state index in [0.29, 0.717) is 34.1 Å². The molecule has 3 aromatic rings. The number of sulfone groups is 1. The van der Waals surface area contributed by atoms with Crippen LogP contribution in [0, 0.1) is 0 Å². The molecule has 1 aliphatic rings. The van der Waals surface area contributed by atoms with Crippen molar-refractivity contribution in [3.05, 3.63) is 92.9 Å². The highest BCUT2D eigenvalue weighted by molar-refractivity contribution is 9.10. The number of nitrogens with one attached hydrogen (secondary N) is 3. The Labute approximate surface area is 210 Å². The number of hydrogen-bond donors (Lipinski definition) is 3. The quantitative estimate of drug-likeness (QED) is 0.396. The summed E-state index contributed by atoms with van der Waals surface area (Å²) >= 11 is 9.21. The molecule has 2 amide bonds. The summed E-state index contributed by atoms with van der Waals surface area (Å²) in [6.07, 6.45) is 0. The fourth-order valence-corrected chi connectivity index (χ4v) is 5.71. The molecule has 10 heteroatoms. The number of fused-ring (bicyclic) bond motifs is 1. The SMILES string of the molecule is O=C(NCc1ccc(Cl)cc1)c1ccc2c(c1)NC(=O)[C@H](CS(=O)(=O)Cc1cccc(Br)c1)N2. The zero-order chi connectivity index (χ0) is 24.3. The summed E-state index contributed by atoms with van der Waals surface area (Å²) in [7, 11) is -3.56. The molecular weight excluding hydrogens is 542 g/mol. The molecule has 0 aliphatic carbocycles. The topological polar surface area (TPSA) is 104 Å². The van der Waals surface area contributed by atoms with Gasteiger partial charge in [-0.2, -0.15) is 0 Å². The Morgan fingerprint density at radius 3 is 2.50 bits per heavy atom. The van der Waals surface area contributed by atoms with Crippen LogP contribution in [0.5, 0.6) is 0 Å². The molecule has 1 heterocycles. The number of anilines is 2. The maximum Gasteiger partial charge on any atom is 0.251 e. The van der Waals surface area contributed by atoms with Crippen molar-refractivity contribution < 1.29 is 18.0 Å². The van der Waals surface area contributed by atoms with Crippen molar-refractivity contribution in [1.82, 2.24) is 5.32 Å². The number of amides is 2. The molecule has 4 rings (SSSR count). The summed E-state index contributed by atoms with van der Waals surface area (Å²) < 4.78 is 26.2. The van der Waals surface area contributed by atoms with Gasteiger partial charge < -0.3 is 16.0 Å². The molecule has 176 valence electrons. The Morgan fingerprint density at radius 2 is 1.76 bits per heavy atom. The molecule has 3 aromatic carbocycles. The molecule has 0 unspecified atom stereocenters. The van der Waals surface area contributed by atoms with Crippen molar-refractivity contribution in [2.75, 3.05) is 16.4 Å². The number of hydrogen-bond acceptors (Lipinski definition) is 5. The molecule has 0 aromatic heterocycles. The van der Waals surface area contributed by atoms with E-state index in [1.54, 1.807) is 48.5 Å².